The number of esters is 1. The van der Waals surface area contributed by atoms with Crippen molar-refractivity contribution < 1.29 is 9.53 Å². The van der Waals surface area contributed by atoms with Crippen LogP contribution in [0.2, 0.25) is 0 Å². The Morgan fingerprint density at radius 2 is 2.41 bits per heavy atom. The van der Waals surface area contributed by atoms with Crippen LogP contribution in [0.5, 0.6) is 0 Å². The average molecular weight is 251 g/mol. The van der Waals surface area contributed by atoms with Crippen molar-refractivity contribution in [2.75, 3.05) is 12.3 Å². The van der Waals surface area contributed by atoms with Crippen LogP contribution in [0.4, 0.5) is 5.69 Å². The van der Waals surface area contributed by atoms with Crippen molar-refractivity contribution in [1.29, 1.82) is 0 Å². The highest BCUT2D eigenvalue weighted by Gasteiger charge is 2.16. The lowest BCUT2D eigenvalue weighted by molar-refractivity contribution is 0.0533. The summed E-state index contributed by atoms with van der Waals surface area (Å²) in [5.41, 5.74) is 7.19. The summed E-state index contributed by atoms with van der Waals surface area (Å²) in [7, 11) is 1.84. The second-order valence-corrected chi connectivity index (χ2v) is 4.57. The largest absolute Gasteiger partial charge is 0.462 e. The lowest BCUT2D eigenvalue weighted by Gasteiger charge is -1.98. The lowest BCUT2D eigenvalue weighted by Crippen LogP contribution is -2.04. The third kappa shape index (κ3) is 2.31. The van der Waals surface area contributed by atoms with E-state index in [4.69, 9.17) is 10.5 Å². The van der Waals surface area contributed by atoms with Gasteiger partial charge in [-0.15, -0.1) is 11.3 Å². The lowest BCUT2D eigenvalue weighted by atomic mass is 10.3. The van der Waals surface area contributed by atoms with Crippen molar-refractivity contribution in [1.82, 2.24) is 9.78 Å². The maximum absolute atomic E-state index is 11.6. The van der Waals surface area contributed by atoms with E-state index in [2.05, 4.69) is 5.10 Å². The quantitative estimate of drug-likeness (QED) is 0.846. The van der Waals surface area contributed by atoms with Gasteiger partial charge in [0.1, 0.15) is 4.88 Å². The zero-order valence-electron chi connectivity index (χ0n) is 9.64. The van der Waals surface area contributed by atoms with Crippen LogP contribution < -0.4 is 5.73 Å². The number of aryl methyl sites for hydroxylation is 1. The number of hydrogen-bond acceptors (Lipinski definition) is 5. The Morgan fingerprint density at radius 1 is 1.65 bits per heavy atom. The first kappa shape index (κ1) is 11.7. The monoisotopic (exact) mass is 251 g/mol. The SMILES string of the molecule is CCOC(=O)c1sc(-c2cnn(C)c2)cc1N. The Kier molecular flexibility index (Phi) is 3.14. The number of carbonyl (C=O) groups is 1. The molecule has 0 spiro atoms. The Balaban J connectivity index is 2.33. The zero-order chi connectivity index (χ0) is 12.4. The zero-order valence-corrected chi connectivity index (χ0v) is 10.5. The summed E-state index contributed by atoms with van der Waals surface area (Å²) in [4.78, 5) is 13.0. The number of anilines is 1. The highest BCUT2D eigenvalue weighted by atomic mass is 32.1. The Hall–Kier alpha value is -1.82. The Morgan fingerprint density at radius 3 is 3.00 bits per heavy atom. The van der Waals surface area contributed by atoms with E-state index in [0.717, 1.165) is 10.4 Å². The van der Waals surface area contributed by atoms with E-state index in [1.165, 1.54) is 11.3 Å². The summed E-state index contributed by atoms with van der Waals surface area (Å²) < 4.78 is 6.64. The van der Waals surface area contributed by atoms with E-state index in [1.54, 1.807) is 23.9 Å². The van der Waals surface area contributed by atoms with E-state index >= 15 is 0 Å². The number of aromatic nitrogens is 2. The Labute approximate surface area is 103 Å². The van der Waals surface area contributed by atoms with Crippen LogP contribution in [-0.2, 0) is 11.8 Å². The van der Waals surface area contributed by atoms with Gasteiger partial charge in [-0.05, 0) is 13.0 Å². The summed E-state index contributed by atoms with van der Waals surface area (Å²) in [5, 5.41) is 4.08. The van der Waals surface area contributed by atoms with Gasteiger partial charge >= 0.3 is 5.97 Å². The molecule has 0 aliphatic rings. The highest BCUT2D eigenvalue weighted by Crippen LogP contribution is 2.33. The van der Waals surface area contributed by atoms with Crippen molar-refractivity contribution in [3.63, 3.8) is 0 Å². The summed E-state index contributed by atoms with van der Waals surface area (Å²) >= 11 is 1.32. The van der Waals surface area contributed by atoms with Gasteiger partial charge < -0.3 is 10.5 Å². The van der Waals surface area contributed by atoms with Crippen LogP contribution in [0.3, 0.4) is 0 Å². The predicted octanol–water partition coefficient (Wildman–Crippen LogP) is 1.91. The van der Waals surface area contributed by atoms with E-state index < -0.39 is 0 Å². The van der Waals surface area contributed by atoms with Crippen LogP contribution >= 0.6 is 11.3 Å². The smallest absolute Gasteiger partial charge is 0.350 e. The third-order valence-corrected chi connectivity index (χ3v) is 3.39. The maximum Gasteiger partial charge on any atom is 0.350 e. The van der Waals surface area contributed by atoms with Gasteiger partial charge in [0.25, 0.3) is 0 Å². The average Bonchev–Trinajstić information content (AvgIpc) is 2.85. The molecule has 0 unspecified atom stereocenters. The minimum atomic E-state index is -0.370. The summed E-state index contributed by atoms with van der Waals surface area (Å²) in [5.74, 6) is -0.370. The minimum Gasteiger partial charge on any atom is -0.462 e. The second kappa shape index (κ2) is 4.58. The fourth-order valence-electron chi connectivity index (χ4n) is 1.45. The third-order valence-electron chi connectivity index (χ3n) is 2.21. The van der Waals surface area contributed by atoms with Crippen molar-refractivity contribution in [2.45, 2.75) is 6.92 Å². The molecule has 0 saturated carbocycles. The van der Waals surface area contributed by atoms with Crippen molar-refractivity contribution in [3.05, 3.63) is 23.3 Å². The van der Waals surface area contributed by atoms with Crippen molar-refractivity contribution in [2.24, 2.45) is 7.05 Å². The molecule has 0 fully saturated rings. The van der Waals surface area contributed by atoms with Gasteiger partial charge in [-0.25, -0.2) is 4.79 Å². The molecule has 2 heterocycles. The first-order chi connectivity index (χ1) is 8.11. The molecule has 0 aromatic carbocycles. The molecule has 90 valence electrons. The van der Waals surface area contributed by atoms with Gasteiger partial charge in [0.15, 0.2) is 0 Å². The molecule has 2 aromatic rings. The van der Waals surface area contributed by atoms with Crippen LogP contribution in [0, 0.1) is 0 Å². The van der Waals surface area contributed by atoms with Gasteiger partial charge in [-0.3, -0.25) is 4.68 Å². The number of carbonyl (C=O) groups excluding carboxylic acids is 1. The summed E-state index contributed by atoms with van der Waals surface area (Å²) in [6.45, 7) is 2.11. The fraction of sp³-hybridized carbons (Fsp3) is 0.273. The van der Waals surface area contributed by atoms with Crippen LogP contribution in [0.15, 0.2) is 18.5 Å². The molecule has 2 rings (SSSR count). The van der Waals surface area contributed by atoms with Gasteiger partial charge in [0.2, 0.25) is 0 Å². The molecule has 17 heavy (non-hydrogen) atoms. The molecule has 0 radical (unpaired) electrons. The Bertz CT molecular complexity index is 545. The molecule has 0 bridgehead atoms. The van der Waals surface area contributed by atoms with Gasteiger partial charge in [0, 0.05) is 23.7 Å². The molecule has 0 aliphatic carbocycles. The minimum absolute atomic E-state index is 0.346. The van der Waals surface area contributed by atoms with Crippen molar-refractivity contribution >= 4 is 23.0 Å². The maximum atomic E-state index is 11.6. The first-order valence-corrected chi connectivity index (χ1v) is 5.99. The molecule has 0 atom stereocenters. The number of nitrogen functional groups attached to an aromatic ring is 1. The summed E-state index contributed by atoms with van der Waals surface area (Å²) in [6.07, 6.45) is 3.61. The van der Waals surface area contributed by atoms with Gasteiger partial charge in [-0.2, -0.15) is 5.10 Å². The molecule has 0 amide bonds. The number of thiophene rings is 1. The first-order valence-electron chi connectivity index (χ1n) is 5.17. The molecule has 6 heteroatoms. The topological polar surface area (TPSA) is 70.1 Å². The van der Waals surface area contributed by atoms with E-state index in [9.17, 15) is 4.79 Å². The highest BCUT2D eigenvalue weighted by molar-refractivity contribution is 7.18. The molecule has 5 nitrogen and oxygen atoms in total. The van der Waals surface area contributed by atoms with Crippen LogP contribution in [-0.4, -0.2) is 22.4 Å². The van der Waals surface area contributed by atoms with Crippen LogP contribution in [0.1, 0.15) is 16.6 Å². The molecular formula is C11H13N3O2S. The molecule has 0 saturated heterocycles. The van der Waals surface area contributed by atoms with E-state index in [1.807, 2.05) is 13.2 Å². The predicted molar refractivity (Wildman–Crippen MR) is 66.9 cm³/mol. The summed E-state index contributed by atoms with van der Waals surface area (Å²) in [6, 6.07) is 1.77. The number of ether oxygens (including phenoxy) is 1. The molecule has 2 aromatic heterocycles. The van der Waals surface area contributed by atoms with Crippen LogP contribution in [0.25, 0.3) is 10.4 Å². The van der Waals surface area contributed by atoms with E-state index in [0.29, 0.717) is 17.2 Å². The number of nitrogens with two attached hydrogens (primary N) is 1. The molecule has 0 aliphatic heterocycles. The normalized spacial score (nSPS) is 10.5. The number of hydrogen-bond donors (Lipinski definition) is 1. The fourth-order valence-corrected chi connectivity index (χ4v) is 2.40. The van der Waals surface area contributed by atoms with Crippen molar-refractivity contribution in [3.8, 4) is 10.4 Å². The van der Waals surface area contributed by atoms with Gasteiger partial charge in [-0.1, -0.05) is 0 Å². The standard InChI is InChI=1S/C11H13N3O2S/c1-3-16-11(15)10-8(12)4-9(17-10)7-5-13-14(2)6-7/h4-6H,3,12H2,1-2H3. The molecule has 2 N–H and O–H groups in total. The van der Waals surface area contributed by atoms with Gasteiger partial charge in [0.05, 0.1) is 18.5 Å². The molecular weight excluding hydrogens is 238 g/mol. The number of nitrogens with zero attached hydrogens (tertiary/aromatic N) is 2. The second-order valence-electron chi connectivity index (χ2n) is 3.52. The van der Waals surface area contributed by atoms with E-state index in [-0.39, 0.29) is 5.97 Å². The number of rotatable bonds is 3.